The smallest absolute Gasteiger partial charge is 0.239 e. The number of carbonyl (C=O) groups is 2. The predicted molar refractivity (Wildman–Crippen MR) is 81.0 cm³/mol. The molecule has 2 N–H and O–H groups in total. The highest BCUT2D eigenvalue weighted by atomic mass is 32.2. The van der Waals surface area contributed by atoms with E-state index < -0.39 is 0 Å². The van der Waals surface area contributed by atoms with E-state index in [1.165, 1.54) is 35.0 Å². The van der Waals surface area contributed by atoms with Crippen LogP contribution in [0.4, 0.5) is 5.13 Å². The molecule has 0 aliphatic heterocycles. The molecule has 0 aliphatic carbocycles. The summed E-state index contributed by atoms with van der Waals surface area (Å²) >= 11 is 2.68. The molecule has 1 aromatic rings. The van der Waals surface area contributed by atoms with Crippen LogP contribution in [0.5, 0.6) is 0 Å². The molecule has 0 atom stereocenters. The number of likely N-dealkylation sites (N-methyl/N-ethyl adjacent to an activating group) is 2. The minimum atomic E-state index is -0.197. The fourth-order valence-electron chi connectivity index (χ4n) is 1.12. The molecule has 0 spiro atoms. The molecule has 110 valence electrons. The number of thioether (sulfide) groups is 1. The van der Waals surface area contributed by atoms with Gasteiger partial charge in [0.05, 0.1) is 12.3 Å². The first-order valence-electron chi connectivity index (χ1n) is 5.82. The molecule has 0 saturated carbocycles. The highest BCUT2D eigenvalue weighted by Gasteiger charge is 2.13. The number of rotatable bonds is 8. The normalized spacial score (nSPS) is 9.90. The first kappa shape index (κ1) is 16.4. The summed E-state index contributed by atoms with van der Waals surface area (Å²) in [5.41, 5.74) is 0. The Morgan fingerprint density at radius 3 is 2.90 bits per heavy atom. The Hall–Kier alpha value is -1.61. The second-order valence-corrected chi connectivity index (χ2v) is 5.95. The lowest BCUT2D eigenvalue weighted by Gasteiger charge is -2.15. The highest BCUT2D eigenvalue weighted by Crippen LogP contribution is 2.25. The molecule has 9 heteroatoms. The van der Waals surface area contributed by atoms with Crippen LogP contribution in [0.25, 0.3) is 0 Å². The summed E-state index contributed by atoms with van der Waals surface area (Å²) in [7, 11) is 3.13. The average molecular weight is 315 g/mol. The number of anilines is 1. The largest absolute Gasteiger partial charge is 0.358 e. The van der Waals surface area contributed by atoms with E-state index in [0.29, 0.717) is 16.0 Å². The van der Waals surface area contributed by atoms with Gasteiger partial charge < -0.3 is 15.5 Å². The van der Waals surface area contributed by atoms with Crippen LogP contribution >= 0.6 is 23.1 Å². The van der Waals surface area contributed by atoms with Crippen molar-refractivity contribution in [3.63, 3.8) is 0 Å². The van der Waals surface area contributed by atoms with Crippen LogP contribution in [0.1, 0.15) is 0 Å². The van der Waals surface area contributed by atoms with E-state index in [4.69, 9.17) is 0 Å². The Balaban J connectivity index is 2.38. The summed E-state index contributed by atoms with van der Waals surface area (Å²) in [5.74, 6) is -0.101. The van der Waals surface area contributed by atoms with Gasteiger partial charge in [-0.15, -0.1) is 16.8 Å². The summed E-state index contributed by atoms with van der Waals surface area (Å²) in [5, 5.41) is 14.1. The van der Waals surface area contributed by atoms with E-state index in [-0.39, 0.29) is 24.1 Å². The van der Waals surface area contributed by atoms with E-state index in [2.05, 4.69) is 27.4 Å². The van der Waals surface area contributed by atoms with Crippen LogP contribution in [0.3, 0.4) is 0 Å². The van der Waals surface area contributed by atoms with Gasteiger partial charge in [-0.3, -0.25) is 9.59 Å². The molecule has 0 bridgehead atoms. The molecule has 7 nitrogen and oxygen atoms in total. The van der Waals surface area contributed by atoms with Gasteiger partial charge in [-0.1, -0.05) is 29.2 Å². The minimum absolute atomic E-state index is 0.0537. The van der Waals surface area contributed by atoms with Crippen LogP contribution in [0.2, 0.25) is 0 Å². The van der Waals surface area contributed by atoms with Gasteiger partial charge in [-0.25, -0.2) is 0 Å². The van der Waals surface area contributed by atoms with Gasteiger partial charge in [0.2, 0.25) is 16.9 Å². The topological polar surface area (TPSA) is 87.2 Å². The molecular weight excluding hydrogens is 298 g/mol. The van der Waals surface area contributed by atoms with Gasteiger partial charge in [0.1, 0.15) is 0 Å². The predicted octanol–water partition coefficient (Wildman–Crippen LogP) is 0.432. The second kappa shape index (κ2) is 8.54. The van der Waals surface area contributed by atoms with Crippen molar-refractivity contribution >= 4 is 40.0 Å². The third-order valence-electron chi connectivity index (χ3n) is 2.21. The van der Waals surface area contributed by atoms with Gasteiger partial charge in [0.15, 0.2) is 4.34 Å². The zero-order chi connectivity index (χ0) is 15.0. The van der Waals surface area contributed by atoms with E-state index in [9.17, 15) is 9.59 Å². The third-order valence-corrected chi connectivity index (χ3v) is 4.21. The number of aromatic nitrogens is 2. The van der Waals surface area contributed by atoms with Crippen molar-refractivity contribution in [2.45, 2.75) is 4.34 Å². The van der Waals surface area contributed by atoms with Crippen molar-refractivity contribution in [2.75, 3.05) is 38.3 Å². The Morgan fingerprint density at radius 2 is 2.25 bits per heavy atom. The number of nitrogens with one attached hydrogen (secondary N) is 2. The molecule has 0 saturated heterocycles. The van der Waals surface area contributed by atoms with Crippen LogP contribution < -0.4 is 10.6 Å². The molecule has 2 amide bonds. The molecule has 1 heterocycles. The molecule has 0 unspecified atom stereocenters. The Kier molecular flexibility index (Phi) is 7.02. The summed E-state index contributed by atoms with van der Waals surface area (Å²) in [6.45, 7) is 4.27. The van der Waals surface area contributed by atoms with Crippen LogP contribution in [-0.4, -0.2) is 59.8 Å². The lowest BCUT2D eigenvalue weighted by atomic mass is 10.5. The third kappa shape index (κ3) is 5.57. The maximum Gasteiger partial charge on any atom is 0.239 e. The van der Waals surface area contributed by atoms with E-state index in [1.54, 1.807) is 13.1 Å². The van der Waals surface area contributed by atoms with Crippen LogP contribution in [-0.2, 0) is 9.59 Å². The fourth-order valence-corrected chi connectivity index (χ4v) is 2.81. The first-order chi connectivity index (χ1) is 9.56. The number of hydrogen-bond acceptors (Lipinski definition) is 7. The highest BCUT2D eigenvalue weighted by molar-refractivity contribution is 8.01. The van der Waals surface area contributed by atoms with Gasteiger partial charge in [-0.05, 0) is 0 Å². The minimum Gasteiger partial charge on any atom is -0.358 e. The molecule has 20 heavy (non-hydrogen) atoms. The number of amides is 2. The standard InChI is InChI=1S/C11H17N5O2S2/c1-4-5-13-10-14-15-11(20-10)19-7-9(18)16(3)6-8(17)12-2/h4H,1,5-7H2,2-3H3,(H,12,17)(H,13,14). The maximum atomic E-state index is 11.8. The second-order valence-electron chi connectivity index (χ2n) is 3.75. The molecule has 0 radical (unpaired) electrons. The van der Waals surface area contributed by atoms with Crippen molar-refractivity contribution in [1.82, 2.24) is 20.4 Å². The van der Waals surface area contributed by atoms with Crippen molar-refractivity contribution in [3.8, 4) is 0 Å². The zero-order valence-corrected chi connectivity index (χ0v) is 13.0. The molecule has 1 aromatic heterocycles. The first-order valence-corrected chi connectivity index (χ1v) is 7.62. The van der Waals surface area contributed by atoms with Crippen LogP contribution in [0.15, 0.2) is 17.0 Å². The molecule has 0 aliphatic rings. The zero-order valence-electron chi connectivity index (χ0n) is 11.4. The fraction of sp³-hybridized carbons (Fsp3) is 0.455. The molecule has 0 aromatic carbocycles. The summed E-state index contributed by atoms with van der Waals surface area (Å²) < 4.78 is 0.707. The van der Waals surface area contributed by atoms with Gasteiger partial charge in [0, 0.05) is 20.6 Å². The van der Waals surface area contributed by atoms with Gasteiger partial charge in [-0.2, -0.15) is 0 Å². The molecular formula is C11H17N5O2S2. The molecule has 0 fully saturated rings. The quantitative estimate of drug-likeness (QED) is 0.534. The number of carbonyl (C=O) groups excluding carboxylic acids is 2. The summed E-state index contributed by atoms with van der Waals surface area (Å²) in [4.78, 5) is 24.3. The SMILES string of the molecule is C=CCNc1nnc(SCC(=O)N(C)CC(=O)NC)s1. The average Bonchev–Trinajstić information content (AvgIpc) is 2.90. The van der Waals surface area contributed by atoms with Crippen molar-refractivity contribution in [2.24, 2.45) is 0 Å². The van der Waals surface area contributed by atoms with Crippen LogP contribution in [0, 0.1) is 0 Å². The van der Waals surface area contributed by atoms with E-state index in [0.717, 1.165) is 0 Å². The van der Waals surface area contributed by atoms with Crippen molar-refractivity contribution in [3.05, 3.63) is 12.7 Å². The number of nitrogens with zero attached hydrogens (tertiary/aromatic N) is 3. The summed E-state index contributed by atoms with van der Waals surface area (Å²) in [6.07, 6.45) is 1.73. The van der Waals surface area contributed by atoms with Gasteiger partial charge in [0.25, 0.3) is 0 Å². The molecule has 1 rings (SSSR count). The lowest BCUT2D eigenvalue weighted by Crippen LogP contribution is -2.37. The van der Waals surface area contributed by atoms with Crippen molar-refractivity contribution < 1.29 is 9.59 Å². The summed E-state index contributed by atoms with van der Waals surface area (Å²) in [6, 6.07) is 0. The van der Waals surface area contributed by atoms with Gasteiger partial charge >= 0.3 is 0 Å². The monoisotopic (exact) mass is 315 g/mol. The maximum absolute atomic E-state index is 11.8. The number of hydrogen-bond donors (Lipinski definition) is 2. The van der Waals surface area contributed by atoms with E-state index >= 15 is 0 Å². The Morgan fingerprint density at radius 1 is 1.50 bits per heavy atom. The Labute approximate surface area is 125 Å². The Bertz CT molecular complexity index is 477. The van der Waals surface area contributed by atoms with Crippen molar-refractivity contribution in [1.29, 1.82) is 0 Å². The van der Waals surface area contributed by atoms with E-state index in [1.807, 2.05) is 0 Å². The lowest BCUT2D eigenvalue weighted by molar-refractivity contribution is -0.132.